The Bertz CT molecular complexity index is 950. The molecule has 0 aliphatic carbocycles. The highest BCUT2D eigenvalue weighted by molar-refractivity contribution is 9.10. The predicted octanol–water partition coefficient (Wildman–Crippen LogP) is 3.81. The lowest BCUT2D eigenvalue weighted by atomic mass is 10.1. The molecule has 154 valence electrons. The predicted molar refractivity (Wildman–Crippen MR) is 110 cm³/mol. The van der Waals surface area contributed by atoms with Gasteiger partial charge in [-0.15, -0.1) is 0 Å². The normalized spacial score (nSPS) is 15.2. The third-order valence-electron chi connectivity index (χ3n) is 4.31. The molecular weight excluding hydrogens is 467 g/mol. The largest absolute Gasteiger partial charge is 0.497 e. The van der Waals surface area contributed by atoms with Crippen LogP contribution in [0.15, 0.2) is 52.3 Å². The van der Waals surface area contributed by atoms with E-state index in [4.69, 9.17) is 21.1 Å². The highest BCUT2D eigenvalue weighted by atomic mass is 79.9. The summed E-state index contributed by atoms with van der Waals surface area (Å²) in [7, 11) is 1.58. The first-order chi connectivity index (χ1) is 13.8. The summed E-state index contributed by atoms with van der Waals surface area (Å²) >= 11 is 9.04. The molecule has 0 saturated carbocycles. The lowest BCUT2D eigenvalue weighted by Crippen LogP contribution is -2.47. The number of methoxy groups -OCH3 is 1. The van der Waals surface area contributed by atoms with Crippen LogP contribution < -0.4 is 14.8 Å². The number of nitrogens with zero attached hydrogens (tertiary/aromatic N) is 1. The average Bonchev–Trinajstić information content (AvgIpc) is 2.69. The molecule has 29 heavy (non-hydrogen) atoms. The van der Waals surface area contributed by atoms with Crippen LogP contribution in [0.2, 0.25) is 5.02 Å². The van der Waals surface area contributed by atoms with Gasteiger partial charge in [0.2, 0.25) is 5.76 Å². The maximum Gasteiger partial charge on any atom is 0.293 e. The number of hydrogen-bond acceptors (Lipinski definition) is 5. The maximum atomic E-state index is 14.4. The van der Waals surface area contributed by atoms with Gasteiger partial charge in [0.1, 0.15) is 5.75 Å². The van der Waals surface area contributed by atoms with Crippen molar-refractivity contribution in [3.05, 3.63) is 68.7 Å². The molecule has 1 atom stereocenters. The molecule has 2 aromatic carbocycles. The fraction of sp³-hybridized carbons (Fsp3) is 0.250. The van der Waals surface area contributed by atoms with E-state index in [2.05, 4.69) is 21.2 Å². The number of rotatable bonds is 6. The van der Waals surface area contributed by atoms with E-state index in [9.17, 15) is 14.3 Å². The fourth-order valence-corrected chi connectivity index (χ4v) is 3.61. The van der Waals surface area contributed by atoms with Crippen LogP contribution in [0, 0.1) is 5.82 Å². The zero-order valence-electron chi connectivity index (χ0n) is 15.7. The maximum absolute atomic E-state index is 14.4. The van der Waals surface area contributed by atoms with E-state index in [1.165, 1.54) is 24.0 Å². The van der Waals surface area contributed by atoms with Gasteiger partial charge in [0.15, 0.2) is 11.6 Å². The molecule has 2 N–H and O–H groups in total. The average molecular weight is 486 g/mol. The fourth-order valence-electron chi connectivity index (χ4n) is 2.82. The molecular formula is C20H19BrClFN2O4. The molecule has 3 rings (SSSR count). The quantitative estimate of drug-likeness (QED) is 0.609. The number of aliphatic hydroxyl groups excluding tert-OH is 1. The van der Waals surface area contributed by atoms with Gasteiger partial charge in [0.05, 0.1) is 30.1 Å². The minimum atomic E-state index is -1.01. The second kappa shape index (κ2) is 9.02. The number of carbonyl (C=O) groups excluding carboxylic acids is 1. The lowest BCUT2D eigenvalue weighted by molar-refractivity contribution is -0.131. The third kappa shape index (κ3) is 4.83. The Balaban J connectivity index is 1.89. The van der Waals surface area contributed by atoms with E-state index in [1.54, 1.807) is 19.2 Å². The van der Waals surface area contributed by atoms with E-state index in [0.717, 1.165) is 5.56 Å². The van der Waals surface area contributed by atoms with Crippen LogP contribution in [0.3, 0.4) is 0 Å². The number of carbonyl (C=O) groups is 1. The number of amides is 1. The SMILES string of the molecule is COc1ccc(CN2CNC(C(C)O)=C(Oc3cc(Cl)cc(Br)c3F)C2=O)cc1. The molecule has 1 unspecified atom stereocenters. The third-order valence-corrected chi connectivity index (χ3v) is 5.10. The van der Waals surface area contributed by atoms with Gasteiger partial charge in [0, 0.05) is 17.6 Å². The summed E-state index contributed by atoms with van der Waals surface area (Å²) in [4.78, 5) is 14.5. The van der Waals surface area contributed by atoms with Crippen LogP contribution in [0.1, 0.15) is 12.5 Å². The molecule has 9 heteroatoms. The van der Waals surface area contributed by atoms with E-state index < -0.39 is 17.8 Å². The van der Waals surface area contributed by atoms with Crippen molar-refractivity contribution in [1.29, 1.82) is 0 Å². The second-order valence-electron chi connectivity index (χ2n) is 6.41. The monoisotopic (exact) mass is 484 g/mol. The van der Waals surface area contributed by atoms with Crippen LogP contribution in [0.25, 0.3) is 0 Å². The topological polar surface area (TPSA) is 71.0 Å². The molecule has 0 bridgehead atoms. The minimum absolute atomic E-state index is 0.102. The van der Waals surface area contributed by atoms with Gasteiger partial charge in [-0.2, -0.15) is 0 Å². The number of aliphatic hydroxyl groups is 1. The van der Waals surface area contributed by atoms with E-state index in [-0.39, 0.29) is 39.9 Å². The summed E-state index contributed by atoms with van der Waals surface area (Å²) in [5.74, 6) is -0.885. The summed E-state index contributed by atoms with van der Waals surface area (Å²) < 4.78 is 25.3. The summed E-state index contributed by atoms with van der Waals surface area (Å²) in [5, 5.41) is 13.3. The van der Waals surface area contributed by atoms with Crippen LogP contribution >= 0.6 is 27.5 Å². The summed E-state index contributed by atoms with van der Waals surface area (Å²) in [5.41, 5.74) is 1.05. The molecule has 0 spiro atoms. The standard InChI is InChI=1S/C20H19BrClFN2O4/c1-11(26)18-19(29-16-8-13(22)7-15(21)17(16)23)20(27)25(10-24-18)9-12-3-5-14(28-2)6-4-12/h3-8,11,24,26H,9-10H2,1-2H3. The van der Waals surface area contributed by atoms with Gasteiger partial charge in [-0.1, -0.05) is 23.7 Å². The van der Waals surface area contributed by atoms with Gasteiger partial charge < -0.3 is 24.8 Å². The summed E-state index contributed by atoms with van der Waals surface area (Å²) in [6.07, 6.45) is -1.01. The van der Waals surface area contributed by atoms with Crippen molar-refractivity contribution in [2.45, 2.75) is 19.6 Å². The van der Waals surface area contributed by atoms with Crippen LogP contribution in [0.4, 0.5) is 4.39 Å². The Hall–Kier alpha value is -2.29. The first kappa shape index (κ1) is 21.4. The van der Waals surface area contributed by atoms with Crippen molar-refractivity contribution in [1.82, 2.24) is 10.2 Å². The van der Waals surface area contributed by atoms with E-state index >= 15 is 0 Å². The number of hydrogen-bond donors (Lipinski definition) is 2. The van der Waals surface area contributed by atoms with Crippen molar-refractivity contribution in [2.24, 2.45) is 0 Å². The number of halogens is 3. The lowest BCUT2D eigenvalue weighted by Gasteiger charge is -2.32. The zero-order valence-corrected chi connectivity index (χ0v) is 18.1. The molecule has 1 aliphatic rings. The molecule has 2 aromatic rings. The number of benzene rings is 2. The van der Waals surface area contributed by atoms with Gasteiger partial charge in [-0.05, 0) is 46.6 Å². The van der Waals surface area contributed by atoms with Crippen LogP contribution in [-0.2, 0) is 11.3 Å². The van der Waals surface area contributed by atoms with E-state index in [1.807, 2.05) is 12.1 Å². The second-order valence-corrected chi connectivity index (χ2v) is 7.70. The Labute approximate surface area is 181 Å². The molecule has 1 heterocycles. The molecule has 1 amide bonds. The van der Waals surface area contributed by atoms with Crippen molar-refractivity contribution in [3.63, 3.8) is 0 Å². The van der Waals surface area contributed by atoms with Crippen LogP contribution in [0.5, 0.6) is 11.5 Å². The smallest absolute Gasteiger partial charge is 0.293 e. The highest BCUT2D eigenvalue weighted by Crippen LogP contribution is 2.32. The Kier molecular flexibility index (Phi) is 6.66. The molecule has 0 fully saturated rings. The number of nitrogens with one attached hydrogen (secondary N) is 1. The Morgan fingerprint density at radius 3 is 2.66 bits per heavy atom. The Morgan fingerprint density at radius 2 is 2.03 bits per heavy atom. The molecule has 6 nitrogen and oxygen atoms in total. The summed E-state index contributed by atoms with van der Waals surface area (Å²) in [6.45, 7) is 1.94. The molecule has 0 aromatic heterocycles. The highest BCUT2D eigenvalue weighted by Gasteiger charge is 2.32. The van der Waals surface area contributed by atoms with Crippen LogP contribution in [-0.4, -0.2) is 35.8 Å². The Morgan fingerprint density at radius 1 is 1.34 bits per heavy atom. The molecule has 0 radical (unpaired) electrons. The van der Waals surface area contributed by atoms with Crippen molar-refractivity contribution in [2.75, 3.05) is 13.8 Å². The van der Waals surface area contributed by atoms with Crippen molar-refractivity contribution >= 4 is 33.4 Å². The van der Waals surface area contributed by atoms with Crippen molar-refractivity contribution in [3.8, 4) is 11.5 Å². The first-order valence-electron chi connectivity index (χ1n) is 8.71. The first-order valence-corrected chi connectivity index (χ1v) is 9.88. The van der Waals surface area contributed by atoms with Gasteiger partial charge in [-0.25, -0.2) is 4.39 Å². The minimum Gasteiger partial charge on any atom is -0.497 e. The van der Waals surface area contributed by atoms with Gasteiger partial charge in [-0.3, -0.25) is 4.79 Å². The number of ether oxygens (including phenoxy) is 2. The molecule has 1 aliphatic heterocycles. The van der Waals surface area contributed by atoms with Gasteiger partial charge in [0.25, 0.3) is 5.91 Å². The molecule has 0 saturated heterocycles. The zero-order chi connectivity index (χ0) is 21.1. The summed E-state index contributed by atoms with van der Waals surface area (Å²) in [6, 6.07) is 9.92. The van der Waals surface area contributed by atoms with Crippen molar-refractivity contribution < 1.29 is 23.8 Å². The van der Waals surface area contributed by atoms with Gasteiger partial charge >= 0.3 is 0 Å². The van der Waals surface area contributed by atoms with E-state index in [0.29, 0.717) is 5.75 Å².